The summed E-state index contributed by atoms with van der Waals surface area (Å²) in [6, 6.07) is 7.69. The van der Waals surface area contributed by atoms with Crippen molar-refractivity contribution in [2.24, 2.45) is 0 Å². The first-order valence-corrected chi connectivity index (χ1v) is 13.0. The van der Waals surface area contributed by atoms with Crippen LogP contribution in [0.1, 0.15) is 72.2 Å². The van der Waals surface area contributed by atoms with Gasteiger partial charge in [-0.25, -0.2) is 14.3 Å². The van der Waals surface area contributed by atoms with Crippen molar-refractivity contribution in [3.8, 4) is 0 Å². The van der Waals surface area contributed by atoms with Gasteiger partial charge >= 0.3 is 6.09 Å². The van der Waals surface area contributed by atoms with Gasteiger partial charge in [-0.2, -0.15) is 5.10 Å². The molecule has 3 aromatic rings. The van der Waals surface area contributed by atoms with Crippen LogP contribution < -0.4 is 0 Å². The summed E-state index contributed by atoms with van der Waals surface area (Å²) >= 11 is 6.37. The van der Waals surface area contributed by atoms with E-state index < -0.39 is 5.60 Å². The van der Waals surface area contributed by atoms with E-state index in [0.29, 0.717) is 36.8 Å². The first-order valence-electron chi connectivity index (χ1n) is 12.6. The molecule has 0 saturated carbocycles. The predicted octanol–water partition coefficient (Wildman–Crippen LogP) is 5.57. The molecule has 8 nitrogen and oxygen atoms in total. The Bertz CT molecular complexity index is 1430. The van der Waals surface area contributed by atoms with Gasteiger partial charge in [0.2, 0.25) is 0 Å². The van der Waals surface area contributed by atoms with E-state index in [0.717, 1.165) is 46.7 Å². The lowest BCUT2D eigenvalue weighted by Crippen LogP contribution is -2.40. The minimum absolute atomic E-state index is 0.0304. The van der Waals surface area contributed by atoms with Crippen molar-refractivity contribution in [2.75, 3.05) is 13.1 Å². The summed E-state index contributed by atoms with van der Waals surface area (Å²) in [5.41, 5.74) is 6.47. The van der Waals surface area contributed by atoms with Crippen molar-refractivity contribution in [2.45, 2.75) is 66.2 Å². The number of benzene rings is 1. The monoisotopic (exact) mass is 521 g/mol. The standard InChI is InChI=1S/C28H32ClN5O3/c1-17-24(29)18(2)34-25(30-17)22-15-33(16-23(22)31-34)26(35)21-9-7-6-8-20(21)14-19-10-12-32(13-11-19)27(36)37-28(3,4)5/h6-9,14H,10-13,15-16H2,1-5H3. The highest BCUT2D eigenvalue weighted by Crippen LogP contribution is 2.31. The molecule has 0 unspecified atom stereocenters. The number of carbonyl (C=O) groups is 2. The third kappa shape index (κ3) is 4.94. The van der Waals surface area contributed by atoms with E-state index in [4.69, 9.17) is 21.4 Å². The highest BCUT2D eigenvalue weighted by molar-refractivity contribution is 6.31. The fourth-order valence-corrected chi connectivity index (χ4v) is 5.03. The summed E-state index contributed by atoms with van der Waals surface area (Å²) in [6.07, 6.45) is 3.33. The molecular formula is C28H32ClN5O3. The molecule has 37 heavy (non-hydrogen) atoms. The minimum atomic E-state index is -0.508. The van der Waals surface area contributed by atoms with Gasteiger partial charge in [-0.1, -0.05) is 41.4 Å². The molecular weight excluding hydrogens is 490 g/mol. The molecule has 1 aromatic carbocycles. The summed E-state index contributed by atoms with van der Waals surface area (Å²) in [6.45, 7) is 11.5. The topological polar surface area (TPSA) is 80.0 Å². The Hall–Kier alpha value is -3.39. The van der Waals surface area contributed by atoms with Gasteiger partial charge in [0.05, 0.1) is 35.2 Å². The van der Waals surface area contributed by atoms with Gasteiger partial charge in [0, 0.05) is 24.2 Å². The second kappa shape index (κ2) is 9.49. The molecule has 4 heterocycles. The molecule has 2 aliphatic rings. The van der Waals surface area contributed by atoms with Crippen molar-refractivity contribution in [1.82, 2.24) is 24.4 Å². The average Bonchev–Trinajstić information content (AvgIpc) is 3.41. The van der Waals surface area contributed by atoms with Gasteiger partial charge < -0.3 is 14.5 Å². The van der Waals surface area contributed by atoms with Crippen LogP contribution in [0.25, 0.3) is 11.7 Å². The van der Waals surface area contributed by atoms with Crippen LogP contribution in [-0.4, -0.2) is 55.1 Å². The maximum Gasteiger partial charge on any atom is 0.410 e. The summed E-state index contributed by atoms with van der Waals surface area (Å²) in [7, 11) is 0. The SMILES string of the molecule is Cc1nc2c3c(nn2c(C)c1Cl)CN(C(=O)c1ccccc1C=C1CCN(C(=O)OC(C)(C)C)CC1)C3. The number of likely N-dealkylation sites (tertiary alicyclic amines) is 1. The number of hydrogen-bond donors (Lipinski definition) is 0. The minimum Gasteiger partial charge on any atom is -0.444 e. The number of halogens is 1. The zero-order valence-corrected chi connectivity index (χ0v) is 22.7. The number of hydrogen-bond acceptors (Lipinski definition) is 5. The number of aromatic nitrogens is 3. The molecule has 1 fully saturated rings. The number of fused-ring (bicyclic) bond motifs is 3. The van der Waals surface area contributed by atoms with Crippen molar-refractivity contribution in [3.05, 3.63) is 68.6 Å². The van der Waals surface area contributed by atoms with Crippen LogP contribution in [0.3, 0.4) is 0 Å². The predicted molar refractivity (Wildman–Crippen MR) is 143 cm³/mol. The van der Waals surface area contributed by atoms with Crippen LogP contribution in [-0.2, 0) is 17.8 Å². The molecule has 0 N–H and O–H groups in total. The second-order valence-corrected chi connectivity index (χ2v) is 11.2. The van der Waals surface area contributed by atoms with Gasteiger partial charge in [-0.05, 0) is 59.1 Å². The number of amides is 2. The molecule has 2 aromatic heterocycles. The van der Waals surface area contributed by atoms with Crippen LogP contribution >= 0.6 is 11.6 Å². The van der Waals surface area contributed by atoms with Crippen molar-refractivity contribution in [1.29, 1.82) is 0 Å². The molecule has 1 saturated heterocycles. The summed E-state index contributed by atoms with van der Waals surface area (Å²) < 4.78 is 7.29. The lowest BCUT2D eigenvalue weighted by Gasteiger charge is -2.31. The number of aryl methyl sites for hydroxylation is 2. The molecule has 0 radical (unpaired) electrons. The van der Waals surface area contributed by atoms with E-state index in [1.807, 2.05) is 63.8 Å². The van der Waals surface area contributed by atoms with Crippen LogP contribution in [0.5, 0.6) is 0 Å². The zero-order valence-electron chi connectivity index (χ0n) is 22.0. The Kier molecular flexibility index (Phi) is 6.48. The van der Waals surface area contributed by atoms with E-state index in [9.17, 15) is 9.59 Å². The Balaban J connectivity index is 1.32. The van der Waals surface area contributed by atoms with E-state index in [1.165, 1.54) is 5.57 Å². The molecule has 2 amide bonds. The molecule has 0 atom stereocenters. The fraction of sp³-hybridized carbons (Fsp3) is 0.429. The smallest absolute Gasteiger partial charge is 0.410 e. The zero-order chi connectivity index (χ0) is 26.5. The van der Waals surface area contributed by atoms with Gasteiger partial charge in [0.1, 0.15) is 5.60 Å². The maximum atomic E-state index is 13.6. The summed E-state index contributed by atoms with van der Waals surface area (Å²) in [5, 5.41) is 5.31. The number of piperidine rings is 1. The molecule has 9 heteroatoms. The molecule has 194 valence electrons. The largest absolute Gasteiger partial charge is 0.444 e. The average molecular weight is 522 g/mol. The lowest BCUT2D eigenvalue weighted by molar-refractivity contribution is 0.0236. The molecule has 2 aliphatic heterocycles. The Morgan fingerprint density at radius 2 is 1.76 bits per heavy atom. The fourth-order valence-electron chi connectivity index (χ4n) is 4.91. The maximum absolute atomic E-state index is 13.6. The Morgan fingerprint density at radius 1 is 1.05 bits per heavy atom. The number of nitrogens with zero attached hydrogens (tertiary/aromatic N) is 5. The number of ether oxygens (including phenoxy) is 1. The lowest BCUT2D eigenvalue weighted by atomic mass is 9.98. The van der Waals surface area contributed by atoms with Gasteiger partial charge in [-0.3, -0.25) is 4.79 Å². The molecule has 0 spiro atoms. The molecule has 0 bridgehead atoms. The molecule has 5 rings (SSSR count). The van der Waals surface area contributed by atoms with E-state index in [-0.39, 0.29) is 12.0 Å². The van der Waals surface area contributed by atoms with E-state index in [2.05, 4.69) is 11.1 Å². The molecule has 0 aliphatic carbocycles. The van der Waals surface area contributed by atoms with Crippen LogP contribution in [0.2, 0.25) is 5.02 Å². The quantitative estimate of drug-likeness (QED) is 0.440. The van der Waals surface area contributed by atoms with Crippen molar-refractivity contribution < 1.29 is 14.3 Å². The second-order valence-electron chi connectivity index (χ2n) is 10.8. The summed E-state index contributed by atoms with van der Waals surface area (Å²) in [4.78, 5) is 34.2. The summed E-state index contributed by atoms with van der Waals surface area (Å²) in [5.74, 6) is -0.0304. The van der Waals surface area contributed by atoms with Gasteiger partial charge in [0.15, 0.2) is 5.65 Å². The van der Waals surface area contributed by atoms with Crippen LogP contribution in [0.4, 0.5) is 4.79 Å². The normalized spacial score (nSPS) is 15.8. The Morgan fingerprint density at radius 3 is 2.46 bits per heavy atom. The number of carbonyl (C=O) groups excluding carboxylic acids is 2. The number of rotatable bonds is 2. The first-order chi connectivity index (χ1) is 17.5. The van der Waals surface area contributed by atoms with Crippen LogP contribution in [0.15, 0.2) is 29.8 Å². The van der Waals surface area contributed by atoms with Gasteiger partial charge in [-0.15, -0.1) is 0 Å². The third-order valence-corrected chi connectivity index (χ3v) is 7.40. The van der Waals surface area contributed by atoms with Crippen LogP contribution in [0, 0.1) is 13.8 Å². The van der Waals surface area contributed by atoms with Crippen molar-refractivity contribution in [3.63, 3.8) is 0 Å². The van der Waals surface area contributed by atoms with E-state index >= 15 is 0 Å². The van der Waals surface area contributed by atoms with Gasteiger partial charge in [0.25, 0.3) is 5.91 Å². The highest BCUT2D eigenvalue weighted by atomic mass is 35.5. The van der Waals surface area contributed by atoms with Crippen molar-refractivity contribution >= 4 is 35.3 Å². The third-order valence-electron chi connectivity index (χ3n) is 6.85. The van der Waals surface area contributed by atoms with E-state index in [1.54, 1.807) is 9.42 Å². The highest BCUT2D eigenvalue weighted by Gasteiger charge is 2.31. The Labute approximate surface area is 221 Å². The first kappa shape index (κ1) is 25.3.